The second kappa shape index (κ2) is 7.22. The quantitative estimate of drug-likeness (QED) is 0.545. The number of benzene rings is 2. The van der Waals surface area contributed by atoms with Gasteiger partial charge in [-0.2, -0.15) is 0 Å². The minimum absolute atomic E-state index is 0.213. The van der Waals surface area contributed by atoms with E-state index in [4.69, 9.17) is 15.5 Å². The van der Waals surface area contributed by atoms with E-state index in [0.29, 0.717) is 25.3 Å². The lowest BCUT2D eigenvalue weighted by Gasteiger charge is -2.30. The van der Waals surface area contributed by atoms with E-state index in [-0.39, 0.29) is 12.0 Å². The molecule has 0 aliphatic heterocycles. The van der Waals surface area contributed by atoms with Crippen LogP contribution in [0.3, 0.4) is 0 Å². The highest BCUT2D eigenvalue weighted by molar-refractivity contribution is 5.87. The van der Waals surface area contributed by atoms with Crippen molar-refractivity contribution in [3.8, 4) is 17.0 Å². The summed E-state index contributed by atoms with van der Waals surface area (Å²) in [6.45, 7) is 0.471. The Morgan fingerprint density at radius 2 is 1.83 bits per heavy atom. The van der Waals surface area contributed by atoms with E-state index in [1.54, 1.807) is 6.20 Å². The summed E-state index contributed by atoms with van der Waals surface area (Å²) >= 11 is 0. The summed E-state index contributed by atoms with van der Waals surface area (Å²) in [6.07, 6.45) is 4.75. The standard InChI is InChI=1S/C23H22N4O2/c24-22-21-20(26-23(16-12-17(28)13-16)27(21)11-10-25-22)18-8-4-5-9-19(18)29-14-15-6-2-1-3-7-15/h1-11,16-17,28H,12-14H2,(H2,24,25). The van der Waals surface area contributed by atoms with Crippen LogP contribution >= 0.6 is 0 Å². The third-order valence-corrected chi connectivity index (χ3v) is 5.47. The molecule has 1 aliphatic rings. The zero-order valence-corrected chi connectivity index (χ0v) is 15.9. The molecule has 0 spiro atoms. The number of nitrogens with zero attached hydrogens (tertiary/aromatic N) is 3. The highest BCUT2D eigenvalue weighted by Crippen LogP contribution is 2.41. The lowest BCUT2D eigenvalue weighted by molar-refractivity contribution is 0.0715. The predicted molar refractivity (Wildman–Crippen MR) is 112 cm³/mol. The van der Waals surface area contributed by atoms with Crippen molar-refractivity contribution >= 4 is 11.3 Å². The Bertz CT molecular complexity index is 1150. The molecule has 5 rings (SSSR count). The van der Waals surface area contributed by atoms with Gasteiger partial charge in [0.15, 0.2) is 0 Å². The third-order valence-electron chi connectivity index (χ3n) is 5.47. The largest absolute Gasteiger partial charge is 0.488 e. The van der Waals surface area contributed by atoms with Crippen molar-refractivity contribution in [3.05, 3.63) is 78.4 Å². The molecular formula is C23H22N4O2. The monoisotopic (exact) mass is 386 g/mol. The zero-order valence-electron chi connectivity index (χ0n) is 15.9. The van der Waals surface area contributed by atoms with Gasteiger partial charge in [-0.05, 0) is 30.5 Å². The Labute approximate surface area is 168 Å². The first-order valence-corrected chi connectivity index (χ1v) is 9.77. The van der Waals surface area contributed by atoms with Crippen LogP contribution in [0.25, 0.3) is 16.8 Å². The molecule has 0 saturated heterocycles. The lowest BCUT2D eigenvalue weighted by atomic mass is 9.82. The maximum atomic E-state index is 9.76. The van der Waals surface area contributed by atoms with Crippen LogP contribution < -0.4 is 10.5 Å². The Morgan fingerprint density at radius 1 is 1.07 bits per heavy atom. The van der Waals surface area contributed by atoms with Gasteiger partial charge >= 0.3 is 0 Å². The van der Waals surface area contributed by atoms with E-state index in [2.05, 4.69) is 4.98 Å². The Hall–Kier alpha value is -3.38. The van der Waals surface area contributed by atoms with Crippen LogP contribution in [0.2, 0.25) is 0 Å². The first-order valence-electron chi connectivity index (χ1n) is 9.77. The Balaban J connectivity index is 1.57. The van der Waals surface area contributed by atoms with Gasteiger partial charge in [-0.25, -0.2) is 9.97 Å². The van der Waals surface area contributed by atoms with Gasteiger partial charge in [0.1, 0.15) is 35.2 Å². The molecule has 1 fully saturated rings. The van der Waals surface area contributed by atoms with Gasteiger partial charge in [0.25, 0.3) is 0 Å². The average molecular weight is 386 g/mol. The fraction of sp³-hybridized carbons (Fsp3) is 0.217. The molecule has 2 aromatic heterocycles. The predicted octanol–water partition coefficient (Wildman–Crippen LogP) is 3.80. The van der Waals surface area contributed by atoms with Crippen LogP contribution in [-0.2, 0) is 6.61 Å². The lowest BCUT2D eigenvalue weighted by Crippen LogP contribution is -2.27. The minimum atomic E-state index is -0.253. The summed E-state index contributed by atoms with van der Waals surface area (Å²) in [5.74, 6) is 2.30. The maximum absolute atomic E-state index is 9.76. The first-order chi connectivity index (χ1) is 14.2. The molecule has 0 amide bonds. The summed E-state index contributed by atoms with van der Waals surface area (Å²) < 4.78 is 8.15. The van der Waals surface area contributed by atoms with Gasteiger partial charge in [-0.1, -0.05) is 42.5 Å². The number of aromatic nitrogens is 3. The molecule has 3 N–H and O–H groups in total. The molecule has 29 heavy (non-hydrogen) atoms. The van der Waals surface area contributed by atoms with E-state index in [9.17, 15) is 5.11 Å². The smallest absolute Gasteiger partial charge is 0.150 e. The minimum Gasteiger partial charge on any atom is -0.488 e. The summed E-state index contributed by atoms with van der Waals surface area (Å²) in [5.41, 5.74) is 9.77. The summed E-state index contributed by atoms with van der Waals surface area (Å²) in [5, 5.41) is 9.76. The van der Waals surface area contributed by atoms with Gasteiger partial charge in [0.05, 0.1) is 6.10 Å². The molecule has 4 aromatic rings. The highest BCUT2D eigenvalue weighted by atomic mass is 16.5. The number of nitrogens with two attached hydrogens (primary N) is 1. The van der Waals surface area contributed by atoms with Crippen LogP contribution in [0.5, 0.6) is 5.75 Å². The van der Waals surface area contributed by atoms with Crippen molar-refractivity contribution < 1.29 is 9.84 Å². The molecule has 0 bridgehead atoms. The van der Waals surface area contributed by atoms with Crippen LogP contribution in [-0.4, -0.2) is 25.6 Å². The summed E-state index contributed by atoms with van der Waals surface area (Å²) in [4.78, 5) is 9.22. The van der Waals surface area contributed by atoms with Crippen LogP contribution in [0, 0.1) is 0 Å². The van der Waals surface area contributed by atoms with E-state index in [1.165, 1.54) is 0 Å². The number of nitrogen functional groups attached to an aromatic ring is 1. The van der Waals surface area contributed by atoms with E-state index < -0.39 is 0 Å². The van der Waals surface area contributed by atoms with Crippen LogP contribution in [0.15, 0.2) is 67.0 Å². The fourth-order valence-electron chi connectivity index (χ4n) is 3.88. The maximum Gasteiger partial charge on any atom is 0.150 e. The first kappa shape index (κ1) is 17.7. The van der Waals surface area contributed by atoms with E-state index in [0.717, 1.165) is 33.9 Å². The van der Waals surface area contributed by atoms with Gasteiger partial charge < -0.3 is 15.6 Å². The summed E-state index contributed by atoms with van der Waals surface area (Å²) in [7, 11) is 0. The van der Waals surface area contributed by atoms with Crippen molar-refractivity contribution in [1.29, 1.82) is 0 Å². The Kier molecular flexibility index (Phi) is 4.41. The second-order valence-corrected chi connectivity index (χ2v) is 7.44. The number of aliphatic hydroxyl groups excluding tert-OH is 1. The number of para-hydroxylation sites is 1. The molecule has 0 radical (unpaired) electrons. The van der Waals surface area contributed by atoms with Crippen molar-refractivity contribution in [1.82, 2.24) is 14.4 Å². The fourth-order valence-corrected chi connectivity index (χ4v) is 3.88. The topological polar surface area (TPSA) is 85.7 Å². The molecule has 146 valence electrons. The number of hydrogen-bond donors (Lipinski definition) is 2. The number of fused-ring (bicyclic) bond motifs is 1. The van der Waals surface area contributed by atoms with Crippen LogP contribution in [0.1, 0.15) is 30.1 Å². The number of imidazole rings is 1. The SMILES string of the molecule is Nc1nccn2c(C3CC(O)C3)nc(-c3ccccc3OCc3ccccc3)c12. The number of rotatable bonds is 5. The van der Waals surface area contributed by atoms with Crippen molar-refractivity contribution in [3.63, 3.8) is 0 Å². The van der Waals surface area contributed by atoms with E-state index in [1.807, 2.05) is 65.2 Å². The summed E-state index contributed by atoms with van der Waals surface area (Å²) in [6, 6.07) is 17.9. The molecule has 1 saturated carbocycles. The normalized spacial score (nSPS) is 18.5. The molecule has 0 unspecified atom stereocenters. The van der Waals surface area contributed by atoms with Crippen molar-refractivity contribution in [2.75, 3.05) is 5.73 Å². The third kappa shape index (κ3) is 3.21. The number of ether oxygens (including phenoxy) is 1. The number of aliphatic hydroxyl groups is 1. The van der Waals surface area contributed by atoms with Gasteiger partial charge in [-0.3, -0.25) is 4.40 Å². The molecule has 0 atom stereocenters. The van der Waals surface area contributed by atoms with Crippen molar-refractivity contribution in [2.24, 2.45) is 0 Å². The Morgan fingerprint density at radius 3 is 2.62 bits per heavy atom. The van der Waals surface area contributed by atoms with E-state index >= 15 is 0 Å². The molecule has 2 heterocycles. The molecule has 6 nitrogen and oxygen atoms in total. The average Bonchev–Trinajstić information content (AvgIpc) is 3.11. The van der Waals surface area contributed by atoms with Gasteiger partial charge in [0, 0.05) is 23.9 Å². The number of hydrogen-bond acceptors (Lipinski definition) is 5. The molecule has 6 heteroatoms. The highest BCUT2D eigenvalue weighted by Gasteiger charge is 2.33. The number of anilines is 1. The van der Waals surface area contributed by atoms with Crippen LogP contribution in [0.4, 0.5) is 5.82 Å². The van der Waals surface area contributed by atoms with Gasteiger partial charge in [-0.15, -0.1) is 0 Å². The molecule has 2 aromatic carbocycles. The van der Waals surface area contributed by atoms with Crippen molar-refractivity contribution in [2.45, 2.75) is 31.5 Å². The zero-order chi connectivity index (χ0) is 19.8. The molecule has 1 aliphatic carbocycles. The molecular weight excluding hydrogens is 364 g/mol. The van der Waals surface area contributed by atoms with Gasteiger partial charge in [0.2, 0.25) is 0 Å². The second-order valence-electron chi connectivity index (χ2n) is 7.44.